The van der Waals surface area contributed by atoms with Crippen molar-refractivity contribution in [1.82, 2.24) is 0 Å². The van der Waals surface area contributed by atoms with Crippen LogP contribution in [0.15, 0.2) is 115 Å². The van der Waals surface area contributed by atoms with Crippen LogP contribution in [0.25, 0.3) is 43.4 Å². The summed E-state index contributed by atoms with van der Waals surface area (Å²) in [5.74, 6) is -0.181. The quantitative estimate of drug-likeness (QED) is 0.233. The summed E-state index contributed by atoms with van der Waals surface area (Å²) in [6.07, 6.45) is 0. The number of ketones is 1. The monoisotopic (exact) mass is 424 g/mol. The second kappa shape index (κ2) is 7.61. The fourth-order valence-corrected chi connectivity index (χ4v) is 4.83. The van der Waals surface area contributed by atoms with Crippen LogP contribution in [0.1, 0.15) is 15.9 Å². The molecule has 0 saturated heterocycles. The Morgan fingerprint density at radius 1 is 0.545 bits per heavy atom. The molecule has 0 unspecified atom stereocenters. The van der Waals surface area contributed by atoms with Gasteiger partial charge in [0.05, 0.1) is 5.56 Å². The highest BCUT2D eigenvalue weighted by molar-refractivity contribution is 6.29. The van der Waals surface area contributed by atoms with Crippen molar-refractivity contribution in [1.29, 1.82) is 0 Å². The molecule has 1 N–H and O–H groups in total. The summed E-state index contributed by atoms with van der Waals surface area (Å²) in [6, 6.07) is 37.7. The van der Waals surface area contributed by atoms with Crippen LogP contribution in [-0.2, 0) is 0 Å². The number of rotatable bonds is 3. The summed E-state index contributed by atoms with van der Waals surface area (Å²) in [4.78, 5) is 13.8. The number of phenolic OH excluding ortho intramolecular Hbond substituents is 1. The van der Waals surface area contributed by atoms with E-state index in [1.54, 1.807) is 24.3 Å². The number of hydrogen-bond acceptors (Lipinski definition) is 2. The van der Waals surface area contributed by atoms with Gasteiger partial charge < -0.3 is 5.11 Å². The Morgan fingerprint density at radius 2 is 1.09 bits per heavy atom. The second-order valence-electron chi connectivity index (χ2n) is 8.25. The van der Waals surface area contributed by atoms with Crippen molar-refractivity contribution in [2.75, 3.05) is 0 Å². The Morgan fingerprint density at radius 3 is 1.76 bits per heavy atom. The topological polar surface area (TPSA) is 37.3 Å². The number of hydrogen-bond donors (Lipinski definition) is 1. The van der Waals surface area contributed by atoms with Gasteiger partial charge in [0.2, 0.25) is 0 Å². The van der Waals surface area contributed by atoms with Gasteiger partial charge >= 0.3 is 0 Å². The molecule has 0 aliphatic carbocycles. The van der Waals surface area contributed by atoms with E-state index in [-0.39, 0.29) is 11.5 Å². The lowest BCUT2D eigenvalue weighted by Crippen LogP contribution is -2.05. The highest BCUT2D eigenvalue weighted by Gasteiger charge is 2.22. The molecule has 0 saturated carbocycles. The third-order valence-corrected chi connectivity index (χ3v) is 6.35. The molecule has 6 aromatic carbocycles. The predicted molar refractivity (Wildman–Crippen MR) is 136 cm³/mol. The first-order chi connectivity index (χ1) is 16.2. The maximum Gasteiger partial charge on any atom is 0.197 e. The van der Waals surface area contributed by atoms with E-state index >= 15 is 0 Å². The van der Waals surface area contributed by atoms with E-state index in [2.05, 4.69) is 48.5 Å². The number of fused-ring (bicyclic) bond motifs is 3. The summed E-state index contributed by atoms with van der Waals surface area (Å²) in [5.41, 5.74) is 3.15. The Balaban J connectivity index is 1.73. The minimum Gasteiger partial charge on any atom is -0.507 e. The summed E-state index contributed by atoms with van der Waals surface area (Å²) >= 11 is 0. The molecule has 0 bridgehead atoms. The number of carbonyl (C=O) groups excluding carboxylic acids is 1. The molecule has 6 rings (SSSR count). The number of carbonyl (C=O) groups is 1. The average molecular weight is 424 g/mol. The van der Waals surface area contributed by atoms with E-state index in [9.17, 15) is 9.90 Å². The van der Waals surface area contributed by atoms with Crippen LogP contribution in [-0.4, -0.2) is 10.9 Å². The van der Waals surface area contributed by atoms with Crippen LogP contribution in [0.2, 0.25) is 0 Å². The molecule has 33 heavy (non-hydrogen) atoms. The van der Waals surface area contributed by atoms with Gasteiger partial charge in [-0.25, -0.2) is 0 Å². The lowest BCUT2D eigenvalue weighted by Gasteiger charge is -2.17. The zero-order chi connectivity index (χ0) is 22.4. The molecule has 0 spiro atoms. The summed E-state index contributed by atoms with van der Waals surface area (Å²) in [5, 5.41) is 16.6. The Hall–Kier alpha value is -4.43. The molecule has 2 heteroatoms. The van der Waals surface area contributed by atoms with E-state index in [1.807, 2.05) is 42.5 Å². The highest BCUT2D eigenvalue weighted by atomic mass is 16.3. The molecule has 0 aliphatic rings. The van der Waals surface area contributed by atoms with Crippen molar-refractivity contribution in [2.24, 2.45) is 0 Å². The SMILES string of the molecule is O=C(c1ccccc1O)c1c2ccccc2c(-c2ccc3ccccc3c2)c2ccccc12. The van der Waals surface area contributed by atoms with Crippen LogP contribution in [0.5, 0.6) is 5.75 Å². The average Bonchev–Trinajstić information content (AvgIpc) is 2.87. The Labute approximate surface area is 191 Å². The molecule has 0 fully saturated rings. The number of benzene rings is 6. The smallest absolute Gasteiger partial charge is 0.197 e. The highest BCUT2D eigenvalue weighted by Crippen LogP contribution is 2.41. The lowest BCUT2D eigenvalue weighted by atomic mass is 9.85. The van der Waals surface area contributed by atoms with Gasteiger partial charge in [0, 0.05) is 5.56 Å². The van der Waals surface area contributed by atoms with Crippen molar-refractivity contribution in [3.05, 3.63) is 126 Å². The fraction of sp³-hybridized carbons (Fsp3) is 0. The molecular weight excluding hydrogens is 404 g/mol. The van der Waals surface area contributed by atoms with Gasteiger partial charge in [-0.1, -0.05) is 97.1 Å². The van der Waals surface area contributed by atoms with Crippen LogP contribution >= 0.6 is 0 Å². The van der Waals surface area contributed by atoms with E-state index < -0.39 is 0 Å². The third-order valence-electron chi connectivity index (χ3n) is 6.35. The summed E-state index contributed by atoms with van der Waals surface area (Å²) in [7, 11) is 0. The second-order valence-corrected chi connectivity index (χ2v) is 8.25. The van der Waals surface area contributed by atoms with E-state index in [0.29, 0.717) is 11.1 Å². The molecule has 0 aromatic heterocycles. The van der Waals surface area contributed by atoms with Crippen LogP contribution in [0, 0.1) is 0 Å². The van der Waals surface area contributed by atoms with Crippen LogP contribution in [0.4, 0.5) is 0 Å². The summed E-state index contributed by atoms with van der Waals surface area (Å²) < 4.78 is 0. The maximum absolute atomic E-state index is 13.8. The number of aromatic hydroxyl groups is 1. The first-order valence-corrected chi connectivity index (χ1v) is 11.0. The maximum atomic E-state index is 13.8. The molecule has 0 heterocycles. The van der Waals surface area contributed by atoms with Gasteiger partial charge in [-0.05, 0) is 61.6 Å². The number of phenols is 1. The molecule has 0 radical (unpaired) electrons. The largest absolute Gasteiger partial charge is 0.507 e. The van der Waals surface area contributed by atoms with E-state index in [0.717, 1.165) is 32.7 Å². The minimum atomic E-state index is -0.175. The van der Waals surface area contributed by atoms with Crippen LogP contribution < -0.4 is 0 Å². The van der Waals surface area contributed by atoms with Crippen LogP contribution in [0.3, 0.4) is 0 Å². The first kappa shape index (κ1) is 19.3. The molecule has 0 atom stereocenters. The fourth-order valence-electron chi connectivity index (χ4n) is 4.83. The summed E-state index contributed by atoms with van der Waals surface area (Å²) in [6.45, 7) is 0. The zero-order valence-corrected chi connectivity index (χ0v) is 17.8. The van der Waals surface area contributed by atoms with Gasteiger partial charge in [0.1, 0.15) is 5.75 Å². The molecule has 6 aromatic rings. The van der Waals surface area contributed by atoms with Crippen molar-refractivity contribution in [2.45, 2.75) is 0 Å². The molecule has 0 amide bonds. The first-order valence-electron chi connectivity index (χ1n) is 11.0. The van der Waals surface area contributed by atoms with Gasteiger partial charge in [0.25, 0.3) is 0 Å². The van der Waals surface area contributed by atoms with Gasteiger partial charge in [-0.3, -0.25) is 4.79 Å². The van der Waals surface area contributed by atoms with Crippen molar-refractivity contribution < 1.29 is 9.90 Å². The van der Waals surface area contributed by atoms with Crippen molar-refractivity contribution >= 4 is 38.1 Å². The molecule has 156 valence electrons. The molecule has 0 aliphatic heterocycles. The molecular formula is C31H20O2. The van der Waals surface area contributed by atoms with Crippen molar-refractivity contribution in [3.8, 4) is 16.9 Å². The van der Waals surface area contributed by atoms with E-state index in [1.165, 1.54) is 10.8 Å². The van der Waals surface area contributed by atoms with E-state index in [4.69, 9.17) is 0 Å². The molecule has 2 nitrogen and oxygen atoms in total. The van der Waals surface area contributed by atoms with Gasteiger partial charge in [0.15, 0.2) is 5.78 Å². The number of para-hydroxylation sites is 1. The predicted octanol–water partition coefficient (Wildman–Crippen LogP) is 7.75. The standard InChI is InChI=1S/C31H20O2/c32-28-16-8-7-15-27(28)31(33)30-25-13-5-3-11-23(25)29(24-12-4-6-14-26(24)30)22-18-17-20-9-1-2-10-21(20)19-22/h1-19,32H. The normalized spacial score (nSPS) is 11.3. The Bertz CT molecular complexity index is 1640. The van der Waals surface area contributed by atoms with Crippen molar-refractivity contribution in [3.63, 3.8) is 0 Å². The zero-order valence-electron chi connectivity index (χ0n) is 17.8. The minimum absolute atomic E-state index is 0.00531. The lowest BCUT2D eigenvalue weighted by molar-refractivity contribution is 0.103. The van der Waals surface area contributed by atoms with Gasteiger partial charge in [-0.2, -0.15) is 0 Å². The Kier molecular flexibility index (Phi) is 4.44. The third kappa shape index (κ3) is 3.07. The van der Waals surface area contributed by atoms with Gasteiger partial charge in [-0.15, -0.1) is 0 Å².